The molecular formula is C19H28N2O2. The van der Waals surface area contributed by atoms with Gasteiger partial charge in [0.15, 0.2) is 0 Å². The maximum Gasteiger partial charge on any atom is 0.227 e. The summed E-state index contributed by atoms with van der Waals surface area (Å²) >= 11 is 0. The number of para-hydroxylation sites is 1. The second-order valence-corrected chi connectivity index (χ2v) is 6.99. The van der Waals surface area contributed by atoms with Crippen molar-refractivity contribution < 1.29 is 9.53 Å². The molecule has 4 nitrogen and oxygen atoms in total. The second kappa shape index (κ2) is 7.35. The van der Waals surface area contributed by atoms with Crippen LogP contribution in [0.4, 0.5) is 0 Å². The van der Waals surface area contributed by atoms with E-state index in [1.165, 1.54) is 5.56 Å². The highest BCUT2D eigenvalue weighted by molar-refractivity contribution is 5.80. The minimum Gasteiger partial charge on any atom is -0.496 e. The first-order valence-electron chi connectivity index (χ1n) is 8.85. The Morgan fingerprint density at radius 3 is 2.61 bits per heavy atom. The zero-order valence-corrected chi connectivity index (χ0v) is 14.0. The summed E-state index contributed by atoms with van der Waals surface area (Å²) in [5.41, 5.74) is 7.36. The van der Waals surface area contributed by atoms with Crippen LogP contribution in [0.25, 0.3) is 0 Å². The topological polar surface area (TPSA) is 55.6 Å². The van der Waals surface area contributed by atoms with E-state index in [-0.39, 0.29) is 12.0 Å². The molecule has 1 aromatic carbocycles. The van der Waals surface area contributed by atoms with Crippen LogP contribution < -0.4 is 10.5 Å². The Bertz CT molecular complexity index is 538. The molecule has 0 bridgehead atoms. The van der Waals surface area contributed by atoms with E-state index < -0.39 is 0 Å². The fourth-order valence-corrected chi connectivity index (χ4v) is 4.07. The summed E-state index contributed by atoms with van der Waals surface area (Å²) in [7, 11) is 1.73. The zero-order valence-electron chi connectivity index (χ0n) is 14.0. The number of nitrogens with zero attached hydrogens (tertiary/aromatic N) is 1. The van der Waals surface area contributed by atoms with Gasteiger partial charge in [-0.1, -0.05) is 24.6 Å². The van der Waals surface area contributed by atoms with Gasteiger partial charge in [-0.25, -0.2) is 0 Å². The van der Waals surface area contributed by atoms with Crippen molar-refractivity contribution >= 4 is 5.91 Å². The summed E-state index contributed by atoms with van der Waals surface area (Å²) in [5.74, 6) is 1.97. The smallest absolute Gasteiger partial charge is 0.227 e. The number of hydrogen-bond acceptors (Lipinski definition) is 3. The standard InChI is InChI=1S/C19H28N2O2/c1-23-18-8-3-2-5-15(18)13-14-9-11-21(12-10-14)19(22)16-6-4-7-17(16)20/h2-3,5,8,14,16-17H,4,6-7,9-13,20H2,1H3/t16-,17-/m0/s1. The molecule has 0 aromatic heterocycles. The van der Waals surface area contributed by atoms with E-state index in [9.17, 15) is 4.79 Å². The molecular weight excluding hydrogens is 288 g/mol. The SMILES string of the molecule is COc1ccccc1CC1CCN(C(=O)[C@H]2CCC[C@@H]2N)CC1. The second-order valence-electron chi connectivity index (χ2n) is 6.99. The summed E-state index contributed by atoms with van der Waals surface area (Å²) in [4.78, 5) is 14.7. The van der Waals surface area contributed by atoms with Crippen molar-refractivity contribution in [1.29, 1.82) is 0 Å². The molecule has 1 saturated carbocycles. The lowest BCUT2D eigenvalue weighted by atomic mass is 9.89. The maximum absolute atomic E-state index is 12.6. The molecule has 1 aliphatic heterocycles. The van der Waals surface area contributed by atoms with Crippen LogP contribution >= 0.6 is 0 Å². The van der Waals surface area contributed by atoms with E-state index in [0.717, 1.165) is 57.4 Å². The van der Waals surface area contributed by atoms with Crippen LogP contribution in [0.5, 0.6) is 5.75 Å². The van der Waals surface area contributed by atoms with Gasteiger partial charge in [0.05, 0.1) is 13.0 Å². The van der Waals surface area contributed by atoms with Crippen LogP contribution in [0, 0.1) is 11.8 Å². The summed E-state index contributed by atoms with van der Waals surface area (Å²) in [6, 6.07) is 8.32. The van der Waals surface area contributed by atoms with Crippen molar-refractivity contribution in [3.63, 3.8) is 0 Å². The van der Waals surface area contributed by atoms with Crippen molar-refractivity contribution in [3.05, 3.63) is 29.8 Å². The number of benzene rings is 1. The van der Waals surface area contributed by atoms with E-state index in [4.69, 9.17) is 10.5 Å². The molecule has 3 rings (SSSR count). The first-order valence-corrected chi connectivity index (χ1v) is 8.85. The number of carbonyl (C=O) groups excluding carboxylic acids is 1. The molecule has 1 aliphatic carbocycles. The first kappa shape index (κ1) is 16.3. The molecule has 2 atom stereocenters. The minimum atomic E-state index is 0.0702. The number of likely N-dealkylation sites (tertiary alicyclic amines) is 1. The molecule has 4 heteroatoms. The Labute approximate surface area is 139 Å². The van der Waals surface area contributed by atoms with Gasteiger partial charge in [-0.3, -0.25) is 4.79 Å². The van der Waals surface area contributed by atoms with Crippen LogP contribution in [0.15, 0.2) is 24.3 Å². The van der Waals surface area contributed by atoms with Crippen molar-refractivity contribution in [2.24, 2.45) is 17.6 Å². The highest BCUT2D eigenvalue weighted by atomic mass is 16.5. The van der Waals surface area contributed by atoms with Crippen molar-refractivity contribution in [3.8, 4) is 5.75 Å². The third kappa shape index (κ3) is 3.69. The molecule has 0 spiro atoms. The lowest BCUT2D eigenvalue weighted by molar-refractivity contribution is -0.137. The molecule has 23 heavy (non-hydrogen) atoms. The van der Waals surface area contributed by atoms with Crippen molar-refractivity contribution in [1.82, 2.24) is 4.90 Å². The number of amides is 1. The van der Waals surface area contributed by atoms with E-state index in [0.29, 0.717) is 11.8 Å². The van der Waals surface area contributed by atoms with Crippen LogP contribution in [-0.4, -0.2) is 37.0 Å². The number of carbonyl (C=O) groups is 1. The van der Waals surface area contributed by atoms with Gasteiger partial charge in [-0.15, -0.1) is 0 Å². The van der Waals surface area contributed by atoms with Crippen molar-refractivity contribution in [2.45, 2.75) is 44.6 Å². The normalized spacial score (nSPS) is 25.6. The molecule has 1 aromatic rings. The van der Waals surface area contributed by atoms with Crippen LogP contribution in [0.2, 0.25) is 0 Å². The van der Waals surface area contributed by atoms with E-state index >= 15 is 0 Å². The molecule has 1 heterocycles. The highest BCUT2D eigenvalue weighted by Gasteiger charge is 2.34. The quantitative estimate of drug-likeness (QED) is 0.929. The first-order chi connectivity index (χ1) is 11.2. The van der Waals surface area contributed by atoms with Gasteiger partial charge in [0.1, 0.15) is 5.75 Å². The maximum atomic E-state index is 12.6. The summed E-state index contributed by atoms with van der Waals surface area (Å²) < 4.78 is 5.45. The van der Waals surface area contributed by atoms with E-state index in [1.54, 1.807) is 7.11 Å². The minimum absolute atomic E-state index is 0.0702. The average molecular weight is 316 g/mol. The predicted octanol–water partition coefficient (Wildman–Crippen LogP) is 2.60. The van der Waals surface area contributed by atoms with Gasteiger partial charge in [-0.2, -0.15) is 0 Å². The Kier molecular flexibility index (Phi) is 5.21. The summed E-state index contributed by atoms with van der Waals surface area (Å²) in [6.07, 6.45) is 6.26. The zero-order chi connectivity index (χ0) is 16.2. The fourth-order valence-electron chi connectivity index (χ4n) is 4.07. The van der Waals surface area contributed by atoms with Gasteiger partial charge in [0.25, 0.3) is 0 Å². The van der Waals surface area contributed by atoms with Gasteiger partial charge < -0.3 is 15.4 Å². The lowest BCUT2D eigenvalue weighted by Crippen LogP contribution is -2.45. The number of methoxy groups -OCH3 is 1. The highest BCUT2D eigenvalue weighted by Crippen LogP contribution is 2.30. The van der Waals surface area contributed by atoms with Gasteiger partial charge in [0, 0.05) is 19.1 Å². The Morgan fingerprint density at radius 1 is 1.22 bits per heavy atom. The van der Waals surface area contributed by atoms with Gasteiger partial charge in [-0.05, 0) is 49.7 Å². The molecule has 0 unspecified atom stereocenters. The predicted molar refractivity (Wildman–Crippen MR) is 91.3 cm³/mol. The number of nitrogens with two attached hydrogens (primary N) is 1. The Morgan fingerprint density at radius 2 is 1.96 bits per heavy atom. The molecule has 2 fully saturated rings. The molecule has 0 radical (unpaired) electrons. The Balaban J connectivity index is 1.53. The third-order valence-corrected chi connectivity index (χ3v) is 5.51. The van der Waals surface area contributed by atoms with Crippen molar-refractivity contribution in [2.75, 3.05) is 20.2 Å². The molecule has 2 N–H and O–H groups in total. The van der Waals surface area contributed by atoms with Gasteiger partial charge >= 0.3 is 0 Å². The average Bonchev–Trinajstić information content (AvgIpc) is 3.01. The van der Waals surface area contributed by atoms with Gasteiger partial charge in [0.2, 0.25) is 5.91 Å². The molecule has 2 aliphatic rings. The summed E-state index contributed by atoms with van der Waals surface area (Å²) in [6.45, 7) is 1.75. The largest absolute Gasteiger partial charge is 0.496 e. The molecule has 126 valence electrons. The molecule has 1 saturated heterocycles. The monoisotopic (exact) mass is 316 g/mol. The fraction of sp³-hybridized carbons (Fsp3) is 0.632. The van der Waals surface area contributed by atoms with Crippen LogP contribution in [0.3, 0.4) is 0 Å². The number of ether oxygens (including phenoxy) is 1. The van der Waals surface area contributed by atoms with E-state index in [1.807, 2.05) is 12.1 Å². The number of hydrogen-bond donors (Lipinski definition) is 1. The molecule has 1 amide bonds. The summed E-state index contributed by atoms with van der Waals surface area (Å²) in [5, 5.41) is 0. The Hall–Kier alpha value is -1.55. The third-order valence-electron chi connectivity index (χ3n) is 5.51. The number of piperidine rings is 1. The number of rotatable bonds is 4. The van der Waals surface area contributed by atoms with Crippen LogP contribution in [-0.2, 0) is 11.2 Å². The lowest BCUT2D eigenvalue weighted by Gasteiger charge is -2.34. The van der Waals surface area contributed by atoms with E-state index in [2.05, 4.69) is 17.0 Å². The van der Waals surface area contributed by atoms with Crippen LogP contribution in [0.1, 0.15) is 37.7 Å².